The van der Waals surface area contributed by atoms with Crippen LogP contribution < -0.4 is 5.73 Å². The first-order valence-corrected chi connectivity index (χ1v) is 12.0. The Morgan fingerprint density at radius 2 is 1.94 bits per heavy atom. The van der Waals surface area contributed by atoms with Gasteiger partial charge < -0.3 is 14.9 Å². The average Bonchev–Trinajstić information content (AvgIpc) is 3.33. The maximum atomic E-state index is 11.1. The SMILES string of the molecule is COC(=O)c1cc2ccccn2c1.NCCc1ccc2ccc3c(c2c1)CCC1=C3C=CCC1. The number of ether oxygens (including phenoxy) is 1. The number of carbonyl (C=O) groups excluding carboxylic acids is 1. The third-order valence-corrected chi connectivity index (χ3v) is 6.80. The minimum Gasteiger partial charge on any atom is -0.465 e. The molecule has 4 heteroatoms. The van der Waals surface area contributed by atoms with E-state index in [0.29, 0.717) is 5.56 Å². The van der Waals surface area contributed by atoms with Crippen molar-refractivity contribution in [1.82, 2.24) is 4.40 Å². The molecule has 0 amide bonds. The van der Waals surface area contributed by atoms with Crippen LogP contribution in [0.5, 0.6) is 0 Å². The fourth-order valence-electron chi connectivity index (χ4n) is 5.08. The number of carbonyl (C=O) groups is 1. The summed E-state index contributed by atoms with van der Waals surface area (Å²) in [6.45, 7) is 0.721. The molecule has 2 aromatic heterocycles. The van der Waals surface area contributed by atoms with Crippen molar-refractivity contribution in [1.29, 1.82) is 0 Å². The molecule has 2 N–H and O–H groups in total. The Kier molecular flexibility index (Phi) is 6.33. The predicted octanol–water partition coefficient (Wildman–Crippen LogP) is 6.12. The Morgan fingerprint density at radius 1 is 1.06 bits per heavy atom. The minimum atomic E-state index is -0.302. The van der Waals surface area contributed by atoms with Gasteiger partial charge in [-0.05, 0) is 89.9 Å². The first-order chi connectivity index (χ1) is 16.7. The number of allylic oxidation sites excluding steroid dienone is 4. The molecule has 0 atom stereocenters. The lowest BCUT2D eigenvalue weighted by Crippen LogP contribution is -2.07. The van der Waals surface area contributed by atoms with Crippen LogP contribution in [0.15, 0.2) is 84.7 Å². The molecule has 34 heavy (non-hydrogen) atoms. The third-order valence-electron chi connectivity index (χ3n) is 6.80. The molecule has 2 aliphatic rings. The lowest BCUT2D eigenvalue weighted by molar-refractivity contribution is 0.0601. The Balaban J connectivity index is 0.000000159. The molecular formula is C30H30N2O2. The monoisotopic (exact) mass is 450 g/mol. The molecule has 0 radical (unpaired) electrons. The molecule has 4 nitrogen and oxygen atoms in total. The second-order valence-electron chi connectivity index (χ2n) is 8.90. The molecule has 172 valence electrons. The number of aromatic nitrogens is 1. The van der Waals surface area contributed by atoms with E-state index >= 15 is 0 Å². The van der Waals surface area contributed by atoms with E-state index in [0.717, 1.165) is 18.5 Å². The summed E-state index contributed by atoms with van der Waals surface area (Å²) in [5.74, 6) is -0.302. The van der Waals surface area contributed by atoms with Crippen LogP contribution in [-0.4, -0.2) is 24.0 Å². The van der Waals surface area contributed by atoms with Crippen LogP contribution in [0.4, 0.5) is 0 Å². The van der Waals surface area contributed by atoms with Crippen LogP contribution in [0, 0.1) is 0 Å². The van der Waals surface area contributed by atoms with E-state index in [1.54, 1.807) is 17.8 Å². The van der Waals surface area contributed by atoms with Crippen LogP contribution in [0.2, 0.25) is 0 Å². The van der Waals surface area contributed by atoms with E-state index in [9.17, 15) is 4.79 Å². The molecule has 2 aromatic carbocycles. The summed E-state index contributed by atoms with van der Waals surface area (Å²) in [5, 5.41) is 2.79. The summed E-state index contributed by atoms with van der Waals surface area (Å²) in [5.41, 5.74) is 14.8. The number of aryl methyl sites for hydroxylation is 1. The number of methoxy groups -OCH3 is 1. The number of esters is 1. The third kappa shape index (κ3) is 4.29. The maximum Gasteiger partial charge on any atom is 0.339 e. The van der Waals surface area contributed by atoms with Gasteiger partial charge in [0.05, 0.1) is 12.7 Å². The van der Waals surface area contributed by atoms with Gasteiger partial charge in [0.25, 0.3) is 0 Å². The number of pyridine rings is 1. The van der Waals surface area contributed by atoms with Crippen molar-refractivity contribution in [2.75, 3.05) is 13.7 Å². The molecule has 0 spiro atoms. The Bertz CT molecular complexity index is 1390. The second kappa shape index (κ2) is 9.70. The molecule has 2 heterocycles. The number of fused-ring (bicyclic) bond motifs is 5. The van der Waals surface area contributed by atoms with Gasteiger partial charge in [0.1, 0.15) is 0 Å². The zero-order valence-corrected chi connectivity index (χ0v) is 19.6. The molecule has 2 aliphatic carbocycles. The normalized spacial score (nSPS) is 14.4. The van der Waals surface area contributed by atoms with Gasteiger partial charge in [0, 0.05) is 17.9 Å². The number of hydrogen-bond acceptors (Lipinski definition) is 3. The smallest absolute Gasteiger partial charge is 0.339 e. The van der Waals surface area contributed by atoms with Crippen LogP contribution in [0.3, 0.4) is 0 Å². The summed E-state index contributed by atoms with van der Waals surface area (Å²) < 4.78 is 6.49. The van der Waals surface area contributed by atoms with Crippen LogP contribution in [0.25, 0.3) is 21.9 Å². The van der Waals surface area contributed by atoms with Crippen molar-refractivity contribution in [2.45, 2.75) is 32.1 Å². The van der Waals surface area contributed by atoms with E-state index in [2.05, 4.69) is 47.2 Å². The highest BCUT2D eigenvalue weighted by atomic mass is 16.5. The van der Waals surface area contributed by atoms with Crippen molar-refractivity contribution in [3.63, 3.8) is 0 Å². The number of nitrogens with zero attached hydrogens (tertiary/aromatic N) is 1. The van der Waals surface area contributed by atoms with Gasteiger partial charge >= 0.3 is 5.97 Å². The molecule has 0 aliphatic heterocycles. The zero-order chi connectivity index (χ0) is 23.5. The van der Waals surface area contributed by atoms with E-state index in [-0.39, 0.29) is 5.97 Å². The predicted molar refractivity (Wildman–Crippen MR) is 139 cm³/mol. The van der Waals surface area contributed by atoms with Gasteiger partial charge in [-0.2, -0.15) is 0 Å². The van der Waals surface area contributed by atoms with Gasteiger partial charge in [-0.3, -0.25) is 0 Å². The van der Waals surface area contributed by atoms with Crippen molar-refractivity contribution >= 4 is 27.8 Å². The summed E-state index contributed by atoms with van der Waals surface area (Å²) in [4.78, 5) is 11.1. The van der Waals surface area contributed by atoms with Crippen molar-refractivity contribution in [2.24, 2.45) is 5.73 Å². The Morgan fingerprint density at radius 3 is 2.76 bits per heavy atom. The Hall–Kier alpha value is -3.63. The fraction of sp³-hybridized carbons (Fsp3) is 0.233. The largest absolute Gasteiger partial charge is 0.465 e. The summed E-state index contributed by atoms with van der Waals surface area (Å²) >= 11 is 0. The second-order valence-corrected chi connectivity index (χ2v) is 8.90. The molecule has 0 bridgehead atoms. The van der Waals surface area contributed by atoms with E-state index in [1.165, 1.54) is 65.8 Å². The molecule has 0 unspecified atom stereocenters. The summed E-state index contributed by atoms with van der Waals surface area (Å²) in [7, 11) is 1.38. The molecule has 0 saturated carbocycles. The molecule has 6 rings (SSSR count). The summed E-state index contributed by atoms with van der Waals surface area (Å²) in [6.07, 6.45) is 14.1. The maximum absolute atomic E-state index is 11.1. The highest BCUT2D eigenvalue weighted by molar-refractivity contribution is 5.94. The Labute approximate surface area is 200 Å². The van der Waals surface area contributed by atoms with Gasteiger partial charge in [-0.1, -0.05) is 54.1 Å². The zero-order valence-electron chi connectivity index (χ0n) is 19.6. The highest BCUT2D eigenvalue weighted by Gasteiger charge is 2.20. The minimum absolute atomic E-state index is 0.302. The summed E-state index contributed by atoms with van der Waals surface area (Å²) in [6, 6.07) is 19.0. The van der Waals surface area contributed by atoms with Crippen molar-refractivity contribution < 1.29 is 9.53 Å². The van der Waals surface area contributed by atoms with Crippen molar-refractivity contribution in [3.8, 4) is 0 Å². The molecular weight excluding hydrogens is 420 g/mol. The quantitative estimate of drug-likeness (QED) is 0.383. The number of benzene rings is 2. The van der Waals surface area contributed by atoms with Gasteiger partial charge in [-0.15, -0.1) is 0 Å². The van der Waals surface area contributed by atoms with E-state index in [1.807, 2.05) is 28.8 Å². The highest BCUT2D eigenvalue weighted by Crippen LogP contribution is 2.40. The number of hydrogen-bond donors (Lipinski definition) is 1. The molecule has 4 aromatic rings. The average molecular weight is 451 g/mol. The first-order valence-electron chi connectivity index (χ1n) is 12.0. The van der Waals surface area contributed by atoms with Gasteiger partial charge in [0.2, 0.25) is 0 Å². The fourth-order valence-corrected chi connectivity index (χ4v) is 5.08. The van der Waals surface area contributed by atoms with Crippen LogP contribution in [0.1, 0.15) is 46.3 Å². The molecule has 0 fully saturated rings. The van der Waals surface area contributed by atoms with Crippen LogP contribution >= 0.6 is 0 Å². The van der Waals surface area contributed by atoms with E-state index < -0.39 is 0 Å². The van der Waals surface area contributed by atoms with Gasteiger partial charge in [-0.25, -0.2) is 4.79 Å². The van der Waals surface area contributed by atoms with Gasteiger partial charge in [0.15, 0.2) is 0 Å². The topological polar surface area (TPSA) is 56.7 Å². The first kappa shape index (κ1) is 22.2. The van der Waals surface area contributed by atoms with E-state index in [4.69, 9.17) is 5.73 Å². The standard InChI is InChI=1S/C20H21N.C10H9NO2/c21-12-11-14-5-6-16-8-9-18-17-4-2-1-3-15(17)7-10-19(18)20(16)13-14;1-13-10(12)8-6-9-4-2-3-5-11(9)7-8/h2,4-6,8-9,13H,1,3,7,10-12,21H2;2-7H,1H3. The lowest BCUT2D eigenvalue weighted by atomic mass is 9.79. The van der Waals surface area contributed by atoms with Crippen LogP contribution in [-0.2, 0) is 17.6 Å². The molecule has 0 saturated heterocycles. The number of rotatable bonds is 3. The number of nitrogens with two attached hydrogens (primary N) is 1. The lowest BCUT2D eigenvalue weighted by Gasteiger charge is -2.25. The van der Waals surface area contributed by atoms with Crippen molar-refractivity contribution in [3.05, 3.63) is 107 Å².